The van der Waals surface area contributed by atoms with Crippen LogP contribution >= 0.6 is 0 Å². The monoisotopic (exact) mass is 389 g/mol. The molecule has 0 spiro atoms. The molecule has 0 aliphatic carbocycles. The number of benzene rings is 1. The second-order valence-corrected chi connectivity index (χ2v) is 5.79. The van der Waals surface area contributed by atoms with Gasteiger partial charge in [0.1, 0.15) is 11.5 Å². The van der Waals surface area contributed by atoms with E-state index in [2.05, 4.69) is 15.3 Å². The van der Waals surface area contributed by atoms with Crippen molar-refractivity contribution in [2.24, 2.45) is 0 Å². The average molecular weight is 389 g/mol. The van der Waals surface area contributed by atoms with Gasteiger partial charge < -0.3 is 15.0 Å². The molecule has 0 atom stereocenters. The molecule has 0 unspecified atom stereocenters. The SMILES string of the molecule is Cc1ncccc1Oc1cc(C(F)(F)F)ccc1C(=O)Nc1cc[nH]c(=O)c1. The molecule has 2 aromatic heterocycles. The number of pyridine rings is 2. The summed E-state index contributed by atoms with van der Waals surface area (Å²) in [6.45, 7) is 1.62. The molecule has 144 valence electrons. The number of alkyl halides is 3. The number of aromatic amines is 1. The highest BCUT2D eigenvalue weighted by atomic mass is 19.4. The van der Waals surface area contributed by atoms with Gasteiger partial charge in [0.05, 0.1) is 16.8 Å². The summed E-state index contributed by atoms with van der Waals surface area (Å²) in [5, 5.41) is 2.46. The molecule has 1 amide bonds. The molecule has 0 aliphatic heterocycles. The minimum atomic E-state index is -4.61. The van der Waals surface area contributed by atoms with E-state index >= 15 is 0 Å². The van der Waals surface area contributed by atoms with Crippen LogP contribution in [0.15, 0.2) is 59.7 Å². The highest BCUT2D eigenvalue weighted by molar-refractivity contribution is 6.06. The van der Waals surface area contributed by atoms with E-state index in [0.717, 1.165) is 24.3 Å². The van der Waals surface area contributed by atoms with Gasteiger partial charge in [0.25, 0.3) is 5.91 Å². The van der Waals surface area contributed by atoms with Gasteiger partial charge in [-0.25, -0.2) is 0 Å². The number of aromatic nitrogens is 2. The van der Waals surface area contributed by atoms with Crippen LogP contribution in [0.2, 0.25) is 0 Å². The fourth-order valence-corrected chi connectivity index (χ4v) is 2.39. The number of H-pyrrole nitrogens is 1. The molecular formula is C19H14F3N3O3. The van der Waals surface area contributed by atoms with Crippen LogP contribution in [0, 0.1) is 6.92 Å². The first-order chi connectivity index (χ1) is 13.2. The van der Waals surface area contributed by atoms with Gasteiger partial charge in [0.15, 0.2) is 0 Å². The minimum Gasteiger partial charge on any atom is -0.455 e. The number of hydrogen-bond donors (Lipinski definition) is 2. The molecule has 3 rings (SSSR count). The number of hydrogen-bond acceptors (Lipinski definition) is 4. The summed E-state index contributed by atoms with van der Waals surface area (Å²) >= 11 is 0. The van der Waals surface area contributed by atoms with E-state index in [1.54, 1.807) is 13.0 Å². The van der Waals surface area contributed by atoms with Crippen LogP contribution < -0.4 is 15.6 Å². The molecule has 28 heavy (non-hydrogen) atoms. The van der Waals surface area contributed by atoms with E-state index in [1.807, 2.05) is 0 Å². The number of ether oxygens (including phenoxy) is 1. The summed E-state index contributed by atoms with van der Waals surface area (Å²) in [5.74, 6) is -0.795. The molecule has 0 saturated carbocycles. The van der Waals surface area contributed by atoms with Gasteiger partial charge in [-0.05, 0) is 43.3 Å². The van der Waals surface area contributed by atoms with E-state index in [0.29, 0.717) is 5.69 Å². The lowest BCUT2D eigenvalue weighted by atomic mass is 10.1. The molecule has 2 heterocycles. The zero-order valence-corrected chi connectivity index (χ0v) is 14.5. The Hall–Kier alpha value is -3.62. The van der Waals surface area contributed by atoms with Crippen molar-refractivity contribution >= 4 is 11.6 Å². The van der Waals surface area contributed by atoms with Crippen molar-refractivity contribution in [3.8, 4) is 11.5 Å². The second kappa shape index (κ2) is 7.55. The van der Waals surface area contributed by atoms with Crippen molar-refractivity contribution in [2.75, 3.05) is 5.32 Å². The number of aryl methyl sites for hydroxylation is 1. The Balaban J connectivity index is 2.00. The van der Waals surface area contributed by atoms with Gasteiger partial charge in [-0.15, -0.1) is 0 Å². The molecule has 0 radical (unpaired) electrons. The fourth-order valence-electron chi connectivity index (χ4n) is 2.39. The largest absolute Gasteiger partial charge is 0.455 e. The van der Waals surface area contributed by atoms with Crippen LogP contribution in [0.4, 0.5) is 18.9 Å². The van der Waals surface area contributed by atoms with Gasteiger partial charge in [-0.3, -0.25) is 14.6 Å². The highest BCUT2D eigenvalue weighted by Crippen LogP contribution is 2.35. The number of anilines is 1. The van der Waals surface area contributed by atoms with Crippen LogP contribution in [0.25, 0.3) is 0 Å². The van der Waals surface area contributed by atoms with Crippen LogP contribution in [-0.4, -0.2) is 15.9 Å². The summed E-state index contributed by atoms with van der Waals surface area (Å²) in [4.78, 5) is 30.3. The number of carbonyl (C=O) groups excluding carboxylic acids is 1. The Morgan fingerprint density at radius 1 is 1.14 bits per heavy atom. The predicted octanol–water partition coefficient (Wildman–Crippen LogP) is 4.14. The van der Waals surface area contributed by atoms with Crippen LogP contribution in [0.1, 0.15) is 21.6 Å². The van der Waals surface area contributed by atoms with Crippen molar-refractivity contribution in [3.05, 3.63) is 82.0 Å². The molecular weight excluding hydrogens is 375 g/mol. The van der Waals surface area contributed by atoms with E-state index in [4.69, 9.17) is 4.74 Å². The predicted molar refractivity (Wildman–Crippen MR) is 95.5 cm³/mol. The zero-order valence-electron chi connectivity index (χ0n) is 14.5. The van der Waals surface area contributed by atoms with Gasteiger partial charge >= 0.3 is 6.18 Å². The smallest absolute Gasteiger partial charge is 0.416 e. The lowest BCUT2D eigenvalue weighted by Gasteiger charge is -2.15. The van der Waals surface area contributed by atoms with E-state index in [-0.39, 0.29) is 22.7 Å². The molecule has 3 aromatic rings. The van der Waals surface area contributed by atoms with E-state index in [9.17, 15) is 22.8 Å². The lowest BCUT2D eigenvalue weighted by molar-refractivity contribution is -0.137. The van der Waals surface area contributed by atoms with E-state index in [1.165, 1.54) is 24.5 Å². The Labute approximate surface area is 157 Å². The van der Waals surface area contributed by atoms with Crippen LogP contribution in [0.5, 0.6) is 11.5 Å². The number of nitrogens with zero attached hydrogens (tertiary/aromatic N) is 1. The first kappa shape index (κ1) is 19.2. The third-order valence-corrected chi connectivity index (χ3v) is 3.76. The highest BCUT2D eigenvalue weighted by Gasteiger charge is 2.32. The third-order valence-electron chi connectivity index (χ3n) is 3.76. The van der Waals surface area contributed by atoms with Crippen LogP contribution in [0.3, 0.4) is 0 Å². The molecule has 6 nitrogen and oxygen atoms in total. The Morgan fingerprint density at radius 3 is 2.61 bits per heavy atom. The number of rotatable bonds is 4. The summed E-state index contributed by atoms with van der Waals surface area (Å²) in [7, 11) is 0. The van der Waals surface area contributed by atoms with Crippen molar-refractivity contribution in [1.82, 2.24) is 9.97 Å². The Kier molecular flexibility index (Phi) is 5.16. The number of halogens is 3. The normalized spacial score (nSPS) is 11.1. The number of carbonyl (C=O) groups is 1. The average Bonchev–Trinajstić information content (AvgIpc) is 2.63. The molecule has 0 bridgehead atoms. The second-order valence-electron chi connectivity index (χ2n) is 5.79. The van der Waals surface area contributed by atoms with E-state index < -0.39 is 23.2 Å². The maximum atomic E-state index is 13.1. The summed E-state index contributed by atoms with van der Waals surface area (Å²) in [5.41, 5.74) is -0.890. The van der Waals surface area contributed by atoms with Gasteiger partial charge in [0, 0.05) is 24.1 Å². The first-order valence-electron chi connectivity index (χ1n) is 8.05. The molecule has 0 aliphatic rings. The minimum absolute atomic E-state index is 0.128. The number of nitrogens with one attached hydrogen (secondary N) is 2. The molecule has 0 fully saturated rings. The number of amides is 1. The lowest BCUT2D eigenvalue weighted by Crippen LogP contribution is -2.16. The van der Waals surface area contributed by atoms with Crippen molar-refractivity contribution in [3.63, 3.8) is 0 Å². The van der Waals surface area contributed by atoms with Crippen molar-refractivity contribution in [2.45, 2.75) is 13.1 Å². The summed E-state index contributed by atoms with van der Waals surface area (Å²) < 4.78 is 44.9. The standard InChI is InChI=1S/C19H14F3N3O3/c1-11-15(3-2-7-23-11)28-16-9-12(19(20,21)22)4-5-14(16)18(27)25-13-6-8-24-17(26)10-13/h2-10H,1H3,(H2,24,25,26,27). The third kappa shape index (κ3) is 4.37. The summed E-state index contributed by atoms with van der Waals surface area (Å²) in [6, 6.07) is 8.23. The molecule has 0 saturated heterocycles. The molecule has 2 N–H and O–H groups in total. The summed E-state index contributed by atoms with van der Waals surface area (Å²) in [6.07, 6.45) is -1.76. The van der Waals surface area contributed by atoms with Crippen molar-refractivity contribution < 1.29 is 22.7 Å². The van der Waals surface area contributed by atoms with Gasteiger partial charge in [-0.2, -0.15) is 13.2 Å². The zero-order chi connectivity index (χ0) is 20.3. The van der Waals surface area contributed by atoms with Crippen molar-refractivity contribution in [1.29, 1.82) is 0 Å². The fraction of sp³-hybridized carbons (Fsp3) is 0.105. The molecule has 1 aromatic carbocycles. The van der Waals surface area contributed by atoms with Crippen LogP contribution in [-0.2, 0) is 6.18 Å². The topological polar surface area (TPSA) is 84.1 Å². The Morgan fingerprint density at radius 2 is 1.93 bits per heavy atom. The first-order valence-corrected chi connectivity index (χ1v) is 8.05. The molecule has 9 heteroatoms. The maximum Gasteiger partial charge on any atom is 0.416 e. The maximum absolute atomic E-state index is 13.1. The van der Waals surface area contributed by atoms with Gasteiger partial charge in [-0.1, -0.05) is 0 Å². The Bertz CT molecular complexity index is 1080. The quantitative estimate of drug-likeness (QED) is 0.702. The van der Waals surface area contributed by atoms with Gasteiger partial charge in [0.2, 0.25) is 5.56 Å².